The Hall–Kier alpha value is -2.10. The molecule has 0 aliphatic rings. The zero-order chi connectivity index (χ0) is 11.5. The van der Waals surface area contributed by atoms with Gasteiger partial charge in [0.2, 0.25) is 0 Å². The lowest BCUT2D eigenvalue weighted by molar-refractivity contribution is 0.0893. The molecule has 2 rings (SSSR count). The summed E-state index contributed by atoms with van der Waals surface area (Å²) < 4.78 is 9.79. The molecular formula is C12H10O4. The summed E-state index contributed by atoms with van der Waals surface area (Å²) in [5, 5.41) is 0. The molecule has 0 saturated heterocycles. The molecule has 0 radical (unpaired) electrons. The summed E-state index contributed by atoms with van der Waals surface area (Å²) >= 11 is 0. The maximum absolute atomic E-state index is 11.7. The minimum absolute atomic E-state index is 0.167. The number of hydrogen-bond donors (Lipinski definition) is 0. The normalized spacial score (nSPS) is 10.3. The third-order valence-electron chi connectivity index (χ3n) is 2.32. The van der Waals surface area contributed by atoms with Crippen LogP contribution in [0.4, 0.5) is 0 Å². The molecule has 0 N–H and O–H groups in total. The van der Waals surface area contributed by atoms with Crippen LogP contribution in [0.25, 0.3) is 0 Å². The number of Topliss-reactive ketones (excluding diaryl/α,β-unsaturated/α-hetero) is 2. The van der Waals surface area contributed by atoms with Crippen LogP contribution in [-0.2, 0) is 0 Å². The summed E-state index contributed by atoms with van der Waals surface area (Å²) in [4.78, 5) is 23.3. The molecule has 0 fully saturated rings. The van der Waals surface area contributed by atoms with E-state index in [1.807, 2.05) is 0 Å². The van der Waals surface area contributed by atoms with Crippen LogP contribution in [0.5, 0.6) is 0 Å². The second-order valence-electron chi connectivity index (χ2n) is 3.43. The Morgan fingerprint density at radius 2 is 2.00 bits per heavy atom. The van der Waals surface area contributed by atoms with Gasteiger partial charge in [0.05, 0.1) is 30.1 Å². The van der Waals surface area contributed by atoms with Crippen LogP contribution in [-0.4, -0.2) is 11.6 Å². The van der Waals surface area contributed by atoms with Crippen molar-refractivity contribution in [2.75, 3.05) is 0 Å². The molecule has 2 heterocycles. The van der Waals surface area contributed by atoms with Gasteiger partial charge in [-0.15, -0.1) is 0 Å². The van der Waals surface area contributed by atoms with E-state index in [0.29, 0.717) is 16.9 Å². The monoisotopic (exact) mass is 218 g/mol. The summed E-state index contributed by atoms with van der Waals surface area (Å²) in [6, 6.07) is 3.11. The molecular weight excluding hydrogens is 208 g/mol. The molecule has 0 aliphatic heterocycles. The largest absolute Gasteiger partial charge is 0.472 e. The molecule has 82 valence electrons. The van der Waals surface area contributed by atoms with Crippen molar-refractivity contribution in [1.82, 2.24) is 0 Å². The van der Waals surface area contributed by atoms with Gasteiger partial charge in [-0.2, -0.15) is 0 Å². The van der Waals surface area contributed by atoms with Gasteiger partial charge >= 0.3 is 0 Å². The fourth-order valence-corrected chi connectivity index (χ4v) is 1.44. The molecule has 0 unspecified atom stereocenters. The van der Waals surface area contributed by atoms with Crippen LogP contribution in [0.2, 0.25) is 0 Å². The molecule has 0 atom stereocenters. The maximum Gasteiger partial charge on any atom is 0.174 e. The predicted octanol–water partition coefficient (Wildman–Crippen LogP) is 2.64. The third kappa shape index (κ3) is 1.95. The maximum atomic E-state index is 11.7. The quantitative estimate of drug-likeness (QED) is 0.584. The number of hydrogen-bond acceptors (Lipinski definition) is 4. The fraction of sp³-hybridized carbons (Fsp3) is 0.167. The first kappa shape index (κ1) is 10.4. The lowest BCUT2D eigenvalue weighted by atomic mass is 10.0. The lowest BCUT2D eigenvalue weighted by Crippen LogP contribution is -2.08. The molecule has 0 bridgehead atoms. The van der Waals surface area contributed by atoms with Gasteiger partial charge in [-0.3, -0.25) is 9.59 Å². The average Bonchev–Trinajstić information content (AvgIpc) is 2.86. The highest BCUT2D eigenvalue weighted by molar-refractivity contribution is 6.13. The summed E-state index contributed by atoms with van der Waals surface area (Å²) in [5.74, 6) is 0.0433. The van der Waals surface area contributed by atoms with E-state index in [2.05, 4.69) is 0 Å². The minimum Gasteiger partial charge on any atom is -0.472 e. The molecule has 0 saturated carbocycles. The van der Waals surface area contributed by atoms with E-state index in [4.69, 9.17) is 8.83 Å². The van der Waals surface area contributed by atoms with Crippen LogP contribution in [0.1, 0.15) is 32.9 Å². The Labute approximate surface area is 91.9 Å². The molecule has 4 heteroatoms. The van der Waals surface area contributed by atoms with E-state index >= 15 is 0 Å². The minimum atomic E-state index is -0.251. The number of carbonyl (C=O) groups is 2. The zero-order valence-corrected chi connectivity index (χ0v) is 8.73. The first-order valence-electron chi connectivity index (χ1n) is 4.81. The highest BCUT2D eigenvalue weighted by Crippen LogP contribution is 2.13. The summed E-state index contributed by atoms with van der Waals surface area (Å²) in [5.41, 5.74) is 0.867. The van der Waals surface area contributed by atoms with Crippen molar-refractivity contribution in [3.05, 3.63) is 47.8 Å². The van der Waals surface area contributed by atoms with Gasteiger partial charge in [0.15, 0.2) is 11.6 Å². The second kappa shape index (κ2) is 4.18. The number of aryl methyl sites for hydroxylation is 1. The van der Waals surface area contributed by atoms with Crippen molar-refractivity contribution in [3.8, 4) is 0 Å². The van der Waals surface area contributed by atoms with Gasteiger partial charge in [-0.1, -0.05) is 0 Å². The van der Waals surface area contributed by atoms with Crippen molar-refractivity contribution < 1.29 is 18.4 Å². The first-order chi connectivity index (χ1) is 7.68. The number of carbonyl (C=O) groups excluding carboxylic acids is 2. The van der Waals surface area contributed by atoms with E-state index in [1.165, 1.54) is 24.9 Å². The van der Waals surface area contributed by atoms with Gasteiger partial charge in [-0.25, -0.2) is 0 Å². The van der Waals surface area contributed by atoms with Gasteiger partial charge in [-0.05, 0) is 19.1 Å². The smallest absolute Gasteiger partial charge is 0.174 e. The van der Waals surface area contributed by atoms with Crippen LogP contribution < -0.4 is 0 Å². The highest BCUT2D eigenvalue weighted by Gasteiger charge is 2.17. The van der Waals surface area contributed by atoms with Gasteiger partial charge < -0.3 is 8.83 Å². The van der Waals surface area contributed by atoms with Crippen LogP contribution in [0, 0.1) is 6.92 Å². The SMILES string of the molecule is Cc1occc1C(=O)CC(=O)c1ccoc1. The van der Waals surface area contributed by atoms with E-state index in [9.17, 15) is 9.59 Å². The highest BCUT2D eigenvalue weighted by atomic mass is 16.3. The summed E-state index contributed by atoms with van der Waals surface area (Å²) in [7, 11) is 0. The molecule has 0 aliphatic carbocycles. The van der Waals surface area contributed by atoms with Crippen molar-refractivity contribution >= 4 is 11.6 Å². The van der Waals surface area contributed by atoms with E-state index in [0.717, 1.165) is 0 Å². The van der Waals surface area contributed by atoms with Crippen LogP contribution in [0.15, 0.2) is 39.8 Å². The fourth-order valence-electron chi connectivity index (χ4n) is 1.44. The lowest BCUT2D eigenvalue weighted by Gasteiger charge is -1.96. The zero-order valence-electron chi connectivity index (χ0n) is 8.73. The summed E-state index contributed by atoms with van der Waals surface area (Å²) in [6.07, 6.45) is 4.00. The molecule has 0 aromatic carbocycles. The predicted molar refractivity (Wildman–Crippen MR) is 55.4 cm³/mol. The number of rotatable bonds is 4. The van der Waals surface area contributed by atoms with Crippen molar-refractivity contribution in [2.45, 2.75) is 13.3 Å². The second-order valence-corrected chi connectivity index (χ2v) is 3.43. The van der Waals surface area contributed by atoms with Crippen molar-refractivity contribution in [1.29, 1.82) is 0 Å². The van der Waals surface area contributed by atoms with E-state index in [-0.39, 0.29) is 18.0 Å². The summed E-state index contributed by atoms with van der Waals surface area (Å²) in [6.45, 7) is 1.69. The van der Waals surface area contributed by atoms with Crippen molar-refractivity contribution in [2.24, 2.45) is 0 Å². The van der Waals surface area contributed by atoms with Crippen LogP contribution in [0.3, 0.4) is 0 Å². The number of ketones is 2. The topological polar surface area (TPSA) is 60.4 Å². The molecule has 16 heavy (non-hydrogen) atoms. The Morgan fingerprint density at radius 3 is 2.56 bits per heavy atom. The molecule has 2 aromatic heterocycles. The molecule has 2 aromatic rings. The van der Waals surface area contributed by atoms with E-state index < -0.39 is 0 Å². The van der Waals surface area contributed by atoms with Gasteiger partial charge in [0.25, 0.3) is 0 Å². The van der Waals surface area contributed by atoms with E-state index in [1.54, 1.807) is 13.0 Å². The first-order valence-corrected chi connectivity index (χ1v) is 4.81. The average molecular weight is 218 g/mol. The molecule has 0 spiro atoms. The standard InChI is InChI=1S/C12H10O4/c1-8-10(3-5-16-8)12(14)6-11(13)9-2-4-15-7-9/h2-5,7H,6H2,1H3. The van der Waals surface area contributed by atoms with Crippen molar-refractivity contribution in [3.63, 3.8) is 0 Å². The number of furan rings is 2. The molecule has 4 nitrogen and oxygen atoms in total. The third-order valence-corrected chi connectivity index (χ3v) is 2.32. The van der Waals surface area contributed by atoms with Gasteiger partial charge in [0, 0.05) is 0 Å². The molecule has 0 amide bonds. The van der Waals surface area contributed by atoms with Crippen LogP contribution >= 0.6 is 0 Å². The Balaban J connectivity index is 2.09. The van der Waals surface area contributed by atoms with Gasteiger partial charge in [0.1, 0.15) is 12.0 Å². The Morgan fingerprint density at radius 1 is 1.19 bits per heavy atom. The Bertz CT molecular complexity index is 505. The Kier molecular flexibility index (Phi) is 2.72.